The van der Waals surface area contributed by atoms with Crippen molar-refractivity contribution in [1.82, 2.24) is 24.9 Å². The van der Waals surface area contributed by atoms with Crippen LogP contribution in [0, 0.1) is 0 Å². The maximum atomic E-state index is 13.3. The molecule has 3 rings (SSSR count). The number of nitrogens with one attached hydrogen (secondary N) is 1. The first-order valence-corrected chi connectivity index (χ1v) is 13.4. The number of aromatic nitrogens is 2. The Bertz CT molecular complexity index is 1260. The van der Waals surface area contributed by atoms with E-state index in [-0.39, 0.29) is 63.8 Å². The Hall–Kier alpha value is -4.33. The van der Waals surface area contributed by atoms with E-state index in [9.17, 15) is 29.1 Å². The molecule has 1 aromatic carbocycles. The number of carbonyl (C=O) groups excluding carboxylic acids is 4. The summed E-state index contributed by atoms with van der Waals surface area (Å²) in [5.41, 5.74) is 0.289. The van der Waals surface area contributed by atoms with E-state index in [4.69, 9.17) is 25.8 Å². The van der Waals surface area contributed by atoms with Crippen LogP contribution in [0.15, 0.2) is 30.3 Å². The maximum absolute atomic E-state index is 13.3. The number of carbonyl (C=O) groups is 5. The largest absolute Gasteiger partial charge is 0.481 e. The monoisotopic (exact) mass is 593 g/mol. The lowest BCUT2D eigenvalue weighted by atomic mass is 10.1. The smallest absolute Gasteiger partial charge is 0.409 e. The number of amides is 3. The second-order valence-corrected chi connectivity index (χ2v) is 9.26. The molecule has 1 aromatic heterocycles. The Kier molecular flexibility index (Phi) is 11.3. The van der Waals surface area contributed by atoms with Gasteiger partial charge in [-0.25, -0.2) is 14.3 Å². The molecule has 2 N–H and O–H groups in total. The van der Waals surface area contributed by atoms with Crippen molar-refractivity contribution in [3.8, 4) is 11.6 Å². The molecule has 15 heteroatoms. The number of ether oxygens (including phenoxy) is 3. The predicted molar refractivity (Wildman–Crippen MR) is 144 cm³/mol. The van der Waals surface area contributed by atoms with Gasteiger partial charge in [-0.05, 0) is 38.5 Å². The van der Waals surface area contributed by atoms with E-state index in [0.717, 1.165) is 0 Å². The fraction of sp³-hybridized carbons (Fsp3) is 0.462. The molecular weight excluding hydrogens is 562 g/mol. The van der Waals surface area contributed by atoms with Gasteiger partial charge < -0.3 is 34.4 Å². The number of halogens is 1. The number of hydrogen-bond donors (Lipinski definition) is 2. The van der Waals surface area contributed by atoms with Crippen LogP contribution >= 0.6 is 11.6 Å². The number of esters is 1. The number of hydrogen-bond acceptors (Lipinski definition) is 9. The highest BCUT2D eigenvalue weighted by Crippen LogP contribution is 2.22. The first-order valence-electron chi connectivity index (χ1n) is 13.0. The van der Waals surface area contributed by atoms with Gasteiger partial charge in [-0.3, -0.25) is 14.4 Å². The molecule has 0 saturated carbocycles. The first kappa shape index (κ1) is 31.2. The van der Waals surface area contributed by atoms with Gasteiger partial charge in [0.05, 0.1) is 18.9 Å². The molecule has 0 spiro atoms. The van der Waals surface area contributed by atoms with Crippen molar-refractivity contribution in [3.63, 3.8) is 0 Å². The zero-order chi connectivity index (χ0) is 29.9. The van der Waals surface area contributed by atoms with Crippen LogP contribution in [-0.2, 0) is 23.9 Å². The summed E-state index contributed by atoms with van der Waals surface area (Å²) in [6.45, 7) is 4.12. The topological polar surface area (TPSA) is 170 Å². The van der Waals surface area contributed by atoms with Gasteiger partial charge >= 0.3 is 18.0 Å². The molecule has 1 aliphatic rings. The molecule has 222 valence electrons. The Morgan fingerprint density at radius 2 is 1.71 bits per heavy atom. The van der Waals surface area contributed by atoms with Crippen LogP contribution in [0.25, 0.3) is 5.69 Å². The molecule has 1 aliphatic heterocycles. The summed E-state index contributed by atoms with van der Waals surface area (Å²) in [7, 11) is 0. The summed E-state index contributed by atoms with van der Waals surface area (Å²) in [5, 5.41) is 16.5. The van der Waals surface area contributed by atoms with E-state index in [1.165, 1.54) is 20.5 Å². The summed E-state index contributed by atoms with van der Waals surface area (Å²) in [4.78, 5) is 64.6. The SMILES string of the molecule is CCOC(=O)COc1cc(C(=O)N[C@@H](CCC(=O)O)C(=O)N2CCN(C(=O)OCC)CC2)nn1-c1cccc(Cl)c1. The minimum atomic E-state index is -1.17. The normalized spacial score (nSPS) is 13.7. The Labute approximate surface area is 241 Å². The second-order valence-electron chi connectivity index (χ2n) is 8.82. The molecule has 1 saturated heterocycles. The molecule has 3 amide bonds. The summed E-state index contributed by atoms with van der Waals surface area (Å²) in [6.07, 6.45) is -1.02. The summed E-state index contributed by atoms with van der Waals surface area (Å²) >= 11 is 6.11. The fourth-order valence-electron chi connectivity index (χ4n) is 4.01. The molecule has 1 fully saturated rings. The summed E-state index contributed by atoms with van der Waals surface area (Å²) in [5.74, 6) is -2.98. The number of nitrogens with zero attached hydrogens (tertiary/aromatic N) is 4. The van der Waals surface area contributed by atoms with Gasteiger partial charge in [0.2, 0.25) is 11.8 Å². The van der Waals surface area contributed by atoms with E-state index in [2.05, 4.69) is 10.4 Å². The average molecular weight is 594 g/mol. The molecule has 14 nitrogen and oxygen atoms in total. The minimum absolute atomic E-state index is 0.0361. The molecule has 41 heavy (non-hydrogen) atoms. The molecule has 2 heterocycles. The number of rotatable bonds is 12. The molecule has 0 unspecified atom stereocenters. The minimum Gasteiger partial charge on any atom is -0.481 e. The third-order valence-corrected chi connectivity index (χ3v) is 6.21. The maximum Gasteiger partial charge on any atom is 0.409 e. The molecule has 0 radical (unpaired) electrons. The third kappa shape index (κ3) is 8.83. The van der Waals surface area contributed by atoms with Crippen molar-refractivity contribution in [2.45, 2.75) is 32.7 Å². The zero-order valence-electron chi connectivity index (χ0n) is 22.7. The predicted octanol–water partition coefficient (Wildman–Crippen LogP) is 1.73. The standard InChI is InChI=1S/C26H32ClN5O9/c1-3-39-23(35)16-41-21-15-20(29-32(21)18-7-5-6-17(27)14-18)24(36)28-19(8-9-22(33)34)25(37)30-10-12-31(13-11-30)26(38)40-4-2/h5-7,14-15,19H,3-4,8-13,16H2,1-2H3,(H,28,36)(H,33,34)/t19-/m0/s1. The van der Waals surface area contributed by atoms with Gasteiger partial charge in [-0.15, -0.1) is 0 Å². The van der Waals surface area contributed by atoms with Crippen LogP contribution in [0.2, 0.25) is 5.02 Å². The van der Waals surface area contributed by atoms with Gasteiger partial charge in [0.25, 0.3) is 5.91 Å². The quantitative estimate of drug-likeness (QED) is 0.345. The average Bonchev–Trinajstić information content (AvgIpc) is 3.38. The summed E-state index contributed by atoms with van der Waals surface area (Å²) in [6, 6.07) is 6.65. The summed E-state index contributed by atoms with van der Waals surface area (Å²) < 4.78 is 16.7. The van der Waals surface area contributed by atoms with E-state index in [1.807, 2.05) is 0 Å². The molecule has 0 bridgehead atoms. The van der Waals surface area contributed by atoms with E-state index in [0.29, 0.717) is 10.7 Å². The Morgan fingerprint density at radius 3 is 2.34 bits per heavy atom. The number of benzene rings is 1. The first-order chi connectivity index (χ1) is 19.6. The highest BCUT2D eigenvalue weighted by Gasteiger charge is 2.31. The Morgan fingerprint density at radius 1 is 1.02 bits per heavy atom. The van der Waals surface area contributed by atoms with Gasteiger partial charge in [0.15, 0.2) is 12.3 Å². The van der Waals surface area contributed by atoms with Crippen LogP contribution < -0.4 is 10.1 Å². The van der Waals surface area contributed by atoms with Crippen LogP contribution in [0.3, 0.4) is 0 Å². The van der Waals surface area contributed by atoms with Gasteiger partial charge in [-0.1, -0.05) is 17.7 Å². The highest BCUT2D eigenvalue weighted by atomic mass is 35.5. The molecule has 2 aromatic rings. The third-order valence-electron chi connectivity index (χ3n) is 5.97. The highest BCUT2D eigenvalue weighted by molar-refractivity contribution is 6.30. The van der Waals surface area contributed by atoms with E-state index in [1.54, 1.807) is 38.1 Å². The Balaban J connectivity index is 1.79. The zero-order valence-corrected chi connectivity index (χ0v) is 23.5. The number of carboxylic acids is 1. The lowest BCUT2D eigenvalue weighted by molar-refractivity contribution is -0.145. The van der Waals surface area contributed by atoms with Crippen LogP contribution in [-0.4, -0.2) is 107 Å². The van der Waals surface area contributed by atoms with Gasteiger partial charge in [-0.2, -0.15) is 5.10 Å². The van der Waals surface area contributed by atoms with Crippen LogP contribution in [0.1, 0.15) is 37.2 Å². The van der Waals surface area contributed by atoms with E-state index >= 15 is 0 Å². The van der Waals surface area contributed by atoms with Crippen molar-refractivity contribution in [1.29, 1.82) is 0 Å². The fourth-order valence-corrected chi connectivity index (χ4v) is 4.19. The number of aliphatic carboxylic acids is 1. The molecule has 1 atom stereocenters. The van der Waals surface area contributed by atoms with Gasteiger partial charge in [0, 0.05) is 43.7 Å². The van der Waals surface area contributed by atoms with Crippen molar-refractivity contribution in [2.75, 3.05) is 46.0 Å². The van der Waals surface area contributed by atoms with Crippen molar-refractivity contribution in [3.05, 3.63) is 41.0 Å². The van der Waals surface area contributed by atoms with E-state index < -0.39 is 42.5 Å². The van der Waals surface area contributed by atoms with Crippen molar-refractivity contribution < 1.29 is 43.3 Å². The lowest BCUT2D eigenvalue weighted by Gasteiger charge is -2.35. The van der Waals surface area contributed by atoms with Crippen LogP contribution in [0.5, 0.6) is 5.88 Å². The van der Waals surface area contributed by atoms with Crippen molar-refractivity contribution in [2.24, 2.45) is 0 Å². The lowest BCUT2D eigenvalue weighted by Crippen LogP contribution is -2.56. The molecular formula is C26H32ClN5O9. The van der Waals surface area contributed by atoms with Crippen LogP contribution in [0.4, 0.5) is 4.79 Å². The van der Waals surface area contributed by atoms with Gasteiger partial charge in [0.1, 0.15) is 6.04 Å². The molecule has 0 aliphatic carbocycles. The number of carboxylic acid groups (broad SMARTS) is 1. The second kappa shape index (κ2) is 14.9. The number of piperazine rings is 1. The van der Waals surface area contributed by atoms with Crippen molar-refractivity contribution >= 4 is 41.4 Å².